The van der Waals surface area contributed by atoms with Gasteiger partial charge >= 0.3 is 11.8 Å². The molecule has 0 radical (unpaired) electrons. The standard InChI is InChI=1S/C15H20N2O3/c1-10-7-8-13(18)12(9-10)17-15(20)14(19)16-11-5-3-2-4-6-11/h7-9,11,18H,2-6H2,1H3,(H,16,19)(H,17,20). The van der Waals surface area contributed by atoms with Crippen molar-refractivity contribution in [3.05, 3.63) is 23.8 Å². The molecule has 0 aliphatic heterocycles. The van der Waals surface area contributed by atoms with E-state index in [1.807, 2.05) is 6.92 Å². The minimum atomic E-state index is -0.739. The van der Waals surface area contributed by atoms with Gasteiger partial charge in [0, 0.05) is 6.04 Å². The van der Waals surface area contributed by atoms with Crippen LogP contribution in [0, 0.1) is 6.92 Å². The highest BCUT2D eigenvalue weighted by Crippen LogP contribution is 2.23. The lowest BCUT2D eigenvalue weighted by Gasteiger charge is -2.22. The van der Waals surface area contributed by atoms with E-state index in [9.17, 15) is 14.7 Å². The van der Waals surface area contributed by atoms with Gasteiger partial charge in [-0.15, -0.1) is 0 Å². The molecule has 3 N–H and O–H groups in total. The molecule has 0 spiro atoms. The number of benzene rings is 1. The van der Waals surface area contributed by atoms with Gasteiger partial charge in [-0.3, -0.25) is 9.59 Å². The van der Waals surface area contributed by atoms with Crippen LogP contribution in [0.2, 0.25) is 0 Å². The van der Waals surface area contributed by atoms with Gasteiger partial charge < -0.3 is 15.7 Å². The summed E-state index contributed by atoms with van der Waals surface area (Å²) in [7, 11) is 0. The van der Waals surface area contributed by atoms with Crippen LogP contribution in [-0.2, 0) is 9.59 Å². The molecule has 2 amide bonds. The third-order valence-corrected chi connectivity index (χ3v) is 3.55. The van der Waals surface area contributed by atoms with E-state index in [0.717, 1.165) is 31.2 Å². The van der Waals surface area contributed by atoms with Crippen molar-refractivity contribution in [1.82, 2.24) is 5.32 Å². The lowest BCUT2D eigenvalue weighted by Crippen LogP contribution is -2.42. The zero-order valence-corrected chi connectivity index (χ0v) is 11.6. The Hall–Kier alpha value is -2.04. The van der Waals surface area contributed by atoms with E-state index < -0.39 is 11.8 Å². The Labute approximate surface area is 118 Å². The Kier molecular flexibility index (Phi) is 4.61. The van der Waals surface area contributed by atoms with Gasteiger partial charge in [-0.25, -0.2) is 0 Å². The summed E-state index contributed by atoms with van der Waals surface area (Å²) >= 11 is 0. The molecule has 1 aromatic carbocycles. The van der Waals surface area contributed by atoms with Gasteiger partial charge in [-0.1, -0.05) is 25.3 Å². The fraction of sp³-hybridized carbons (Fsp3) is 0.467. The zero-order valence-electron chi connectivity index (χ0n) is 11.6. The summed E-state index contributed by atoms with van der Waals surface area (Å²) in [6.07, 6.45) is 5.22. The first kappa shape index (κ1) is 14.4. The molecule has 1 saturated carbocycles. The smallest absolute Gasteiger partial charge is 0.313 e. The lowest BCUT2D eigenvalue weighted by atomic mass is 9.95. The molecule has 0 heterocycles. The average molecular weight is 276 g/mol. The molecule has 0 saturated heterocycles. The second-order valence-electron chi connectivity index (χ2n) is 5.28. The highest BCUT2D eigenvalue weighted by Gasteiger charge is 2.21. The number of aryl methyl sites for hydroxylation is 1. The van der Waals surface area contributed by atoms with Crippen molar-refractivity contribution in [2.45, 2.75) is 45.1 Å². The summed E-state index contributed by atoms with van der Waals surface area (Å²) in [6.45, 7) is 1.84. The summed E-state index contributed by atoms with van der Waals surface area (Å²) in [5.41, 5.74) is 1.15. The molecule has 1 aliphatic carbocycles. The van der Waals surface area contributed by atoms with Crippen molar-refractivity contribution in [1.29, 1.82) is 0 Å². The number of phenolic OH excluding ortho intramolecular Hbond substituents is 1. The molecule has 1 aliphatic rings. The molecular weight excluding hydrogens is 256 g/mol. The number of carbonyl (C=O) groups is 2. The largest absolute Gasteiger partial charge is 0.506 e. The maximum absolute atomic E-state index is 11.8. The zero-order chi connectivity index (χ0) is 14.5. The normalized spacial score (nSPS) is 15.7. The molecule has 5 heteroatoms. The Morgan fingerprint density at radius 1 is 1.15 bits per heavy atom. The molecule has 2 rings (SSSR count). The average Bonchev–Trinajstić information content (AvgIpc) is 2.44. The van der Waals surface area contributed by atoms with E-state index in [4.69, 9.17) is 0 Å². The van der Waals surface area contributed by atoms with Crippen LogP contribution in [0.15, 0.2) is 18.2 Å². The number of aromatic hydroxyl groups is 1. The molecule has 108 valence electrons. The number of amides is 2. The minimum absolute atomic E-state index is 0.0468. The van der Waals surface area contributed by atoms with Crippen molar-refractivity contribution in [3.63, 3.8) is 0 Å². The van der Waals surface area contributed by atoms with Crippen molar-refractivity contribution >= 4 is 17.5 Å². The Bertz CT molecular complexity index is 508. The van der Waals surface area contributed by atoms with Gasteiger partial charge in [0.05, 0.1) is 5.69 Å². The number of phenols is 1. The number of carbonyl (C=O) groups excluding carboxylic acids is 2. The van der Waals surface area contributed by atoms with E-state index in [2.05, 4.69) is 10.6 Å². The van der Waals surface area contributed by atoms with Gasteiger partial charge in [0.15, 0.2) is 0 Å². The highest BCUT2D eigenvalue weighted by atomic mass is 16.3. The fourth-order valence-electron chi connectivity index (χ4n) is 2.43. The maximum Gasteiger partial charge on any atom is 0.313 e. The van der Waals surface area contributed by atoms with Crippen LogP contribution in [0.3, 0.4) is 0 Å². The first-order valence-electron chi connectivity index (χ1n) is 6.98. The first-order valence-corrected chi connectivity index (χ1v) is 6.98. The third-order valence-electron chi connectivity index (χ3n) is 3.55. The molecule has 0 bridgehead atoms. The predicted molar refractivity (Wildman–Crippen MR) is 76.5 cm³/mol. The van der Waals surface area contributed by atoms with Crippen LogP contribution in [0.4, 0.5) is 5.69 Å². The van der Waals surface area contributed by atoms with E-state index in [-0.39, 0.29) is 17.5 Å². The SMILES string of the molecule is Cc1ccc(O)c(NC(=O)C(=O)NC2CCCCC2)c1. The number of hydrogen-bond donors (Lipinski definition) is 3. The first-order chi connectivity index (χ1) is 9.56. The second-order valence-corrected chi connectivity index (χ2v) is 5.28. The summed E-state index contributed by atoms with van der Waals surface area (Å²) < 4.78 is 0. The van der Waals surface area contributed by atoms with Crippen LogP contribution in [0.1, 0.15) is 37.7 Å². The van der Waals surface area contributed by atoms with Crippen LogP contribution in [0.25, 0.3) is 0 Å². The predicted octanol–water partition coefficient (Wildman–Crippen LogP) is 2.09. The van der Waals surface area contributed by atoms with E-state index in [1.54, 1.807) is 12.1 Å². The molecule has 1 fully saturated rings. The summed E-state index contributed by atoms with van der Waals surface area (Å²) in [5.74, 6) is -1.43. The lowest BCUT2D eigenvalue weighted by molar-refractivity contribution is -0.136. The van der Waals surface area contributed by atoms with Gasteiger partial charge in [-0.2, -0.15) is 0 Å². The maximum atomic E-state index is 11.8. The molecule has 1 aromatic rings. The van der Waals surface area contributed by atoms with Crippen molar-refractivity contribution in [2.24, 2.45) is 0 Å². The highest BCUT2D eigenvalue weighted by molar-refractivity contribution is 6.39. The molecular formula is C15H20N2O3. The monoisotopic (exact) mass is 276 g/mol. The van der Waals surface area contributed by atoms with Crippen LogP contribution in [0.5, 0.6) is 5.75 Å². The van der Waals surface area contributed by atoms with E-state index in [1.165, 1.54) is 12.5 Å². The molecule has 0 unspecified atom stereocenters. The minimum Gasteiger partial charge on any atom is -0.506 e. The topological polar surface area (TPSA) is 78.4 Å². The number of anilines is 1. The van der Waals surface area contributed by atoms with Crippen molar-refractivity contribution in [2.75, 3.05) is 5.32 Å². The van der Waals surface area contributed by atoms with Gasteiger partial charge in [-0.05, 0) is 37.5 Å². The fourth-order valence-corrected chi connectivity index (χ4v) is 2.43. The van der Waals surface area contributed by atoms with Crippen LogP contribution in [-0.4, -0.2) is 23.0 Å². The molecule has 20 heavy (non-hydrogen) atoms. The van der Waals surface area contributed by atoms with Crippen molar-refractivity contribution < 1.29 is 14.7 Å². The molecule has 0 aromatic heterocycles. The van der Waals surface area contributed by atoms with Gasteiger partial charge in [0.2, 0.25) is 0 Å². The van der Waals surface area contributed by atoms with Gasteiger partial charge in [0.1, 0.15) is 5.75 Å². The Morgan fingerprint density at radius 2 is 1.85 bits per heavy atom. The van der Waals surface area contributed by atoms with Crippen LogP contribution < -0.4 is 10.6 Å². The number of rotatable bonds is 2. The summed E-state index contributed by atoms with van der Waals surface area (Å²) in [5, 5.41) is 14.8. The second kappa shape index (κ2) is 6.41. The van der Waals surface area contributed by atoms with E-state index in [0.29, 0.717) is 0 Å². The third kappa shape index (κ3) is 3.73. The number of hydrogen-bond acceptors (Lipinski definition) is 3. The molecule has 5 nitrogen and oxygen atoms in total. The Balaban J connectivity index is 1.93. The number of nitrogens with one attached hydrogen (secondary N) is 2. The van der Waals surface area contributed by atoms with Gasteiger partial charge in [0.25, 0.3) is 0 Å². The molecule has 0 atom stereocenters. The summed E-state index contributed by atoms with van der Waals surface area (Å²) in [4.78, 5) is 23.6. The van der Waals surface area contributed by atoms with E-state index >= 15 is 0 Å². The quantitative estimate of drug-likeness (QED) is 0.571. The summed E-state index contributed by atoms with van der Waals surface area (Å²) in [6, 6.07) is 4.94. The Morgan fingerprint density at radius 3 is 2.55 bits per heavy atom. The van der Waals surface area contributed by atoms with Crippen molar-refractivity contribution in [3.8, 4) is 5.75 Å². The van der Waals surface area contributed by atoms with Crippen LogP contribution >= 0.6 is 0 Å².